The van der Waals surface area contributed by atoms with E-state index >= 15 is 0 Å². The minimum atomic E-state index is -0.576. The predicted octanol–water partition coefficient (Wildman–Crippen LogP) is 2.04. The van der Waals surface area contributed by atoms with E-state index in [4.69, 9.17) is 23.2 Å². The molecule has 0 aromatic heterocycles. The molecule has 0 heterocycles. The summed E-state index contributed by atoms with van der Waals surface area (Å²) in [4.78, 5) is 10.8. The van der Waals surface area contributed by atoms with Crippen molar-refractivity contribution < 1.29 is 14.3 Å². The Hall–Kier alpha value is -1.00. The number of phenols is 1. The Morgan fingerprint density at radius 2 is 2.20 bits per heavy atom. The van der Waals surface area contributed by atoms with E-state index in [1.165, 1.54) is 0 Å². The molecule has 3 nitrogen and oxygen atoms in total. The summed E-state index contributed by atoms with van der Waals surface area (Å²) in [6.07, 6.45) is 0. The smallest absolute Gasteiger partial charge is 0.235 e. The molecule has 0 bridgehead atoms. The lowest BCUT2D eigenvalue weighted by atomic mass is 10.2. The van der Waals surface area contributed by atoms with Gasteiger partial charge in [0.05, 0.1) is 5.02 Å². The quantitative estimate of drug-likeness (QED) is 0.808. The molecule has 0 saturated carbocycles. The van der Waals surface area contributed by atoms with Crippen LogP contribution in [0.2, 0.25) is 5.02 Å². The highest BCUT2D eigenvalue weighted by atomic mass is 35.5. The second kappa shape index (κ2) is 5.19. The number of rotatable bonds is 3. The van der Waals surface area contributed by atoms with Crippen molar-refractivity contribution in [2.75, 3.05) is 5.88 Å². The van der Waals surface area contributed by atoms with Gasteiger partial charge in [0.25, 0.3) is 0 Å². The Morgan fingerprint density at radius 3 is 2.80 bits per heavy atom. The molecule has 82 valence electrons. The number of nitrogens with one attached hydrogen (secondary N) is 1. The number of hydrogen-bond acceptors (Lipinski definition) is 2. The number of carbonyl (C=O) groups is 1. The van der Waals surface area contributed by atoms with Gasteiger partial charge in [-0.2, -0.15) is 0 Å². The molecule has 2 N–H and O–H groups in total. The maximum atomic E-state index is 12.9. The first-order valence-corrected chi connectivity index (χ1v) is 4.95. The third kappa shape index (κ3) is 3.25. The van der Waals surface area contributed by atoms with Crippen LogP contribution in [0.1, 0.15) is 5.56 Å². The van der Waals surface area contributed by atoms with Gasteiger partial charge in [-0.05, 0) is 12.1 Å². The minimum absolute atomic E-state index is 0.0190. The summed E-state index contributed by atoms with van der Waals surface area (Å²) in [5.41, 5.74) is 0.207. The molecule has 1 aromatic carbocycles. The molecule has 0 fully saturated rings. The van der Waals surface area contributed by atoms with Crippen LogP contribution in [-0.2, 0) is 11.3 Å². The molecule has 15 heavy (non-hydrogen) atoms. The van der Waals surface area contributed by atoms with E-state index in [2.05, 4.69) is 5.32 Å². The number of aromatic hydroxyl groups is 1. The van der Waals surface area contributed by atoms with Crippen LogP contribution in [-0.4, -0.2) is 16.9 Å². The van der Waals surface area contributed by atoms with Gasteiger partial charge in [0, 0.05) is 12.1 Å². The molecule has 0 spiro atoms. The van der Waals surface area contributed by atoms with Crippen molar-refractivity contribution in [1.82, 2.24) is 5.32 Å². The average molecular weight is 252 g/mol. The molecular formula is C9H8Cl2FNO2. The number of halogens is 3. The van der Waals surface area contributed by atoms with E-state index in [1.807, 2.05) is 0 Å². The highest BCUT2D eigenvalue weighted by Gasteiger charge is 2.09. The zero-order chi connectivity index (χ0) is 11.4. The fraction of sp³-hybridized carbons (Fsp3) is 0.222. The molecule has 0 aliphatic heterocycles. The van der Waals surface area contributed by atoms with E-state index < -0.39 is 11.7 Å². The van der Waals surface area contributed by atoms with Crippen molar-refractivity contribution in [3.63, 3.8) is 0 Å². The predicted molar refractivity (Wildman–Crippen MR) is 55.6 cm³/mol. The van der Waals surface area contributed by atoms with Crippen LogP contribution >= 0.6 is 23.2 Å². The van der Waals surface area contributed by atoms with E-state index in [9.17, 15) is 14.3 Å². The number of amides is 1. The third-order valence-electron chi connectivity index (χ3n) is 1.70. The van der Waals surface area contributed by atoms with E-state index in [-0.39, 0.29) is 28.8 Å². The van der Waals surface area contributed by atoms with E-state index in [0.29, 0.717) is 0 Å². The maximum Gasteiger partial charge on any atom is 0.235 e. The fourth-order valence-electron chi connectivity index (χ4n) is 0.995. The number of alkyl halides is 1. The van der Waals surface area contributed by atoms with Crippen molar-refractivity contribution in [2.24, 2.45) is 0 Å². The molecule has 0 aliphatic rings. The summed E-state index contributed by atoms with van der Waals surface area (Å²) >= 11 is 10.8. The summed E-state index contributed by atoms with van der Waals surface area (Å²) in [5, 5.41) is 11.7. The molecular weight excluding hydrogens is 244 g/mol. The molecule has 1 aromatic rings. The Morgan fingerprint density at radius 1 is 1.53 bits per heavy atom. The summed E-state index contributed by atoms with van der Waals surface area (Å²) in [7, 11) is 0. The summed E-state index contributed by atoms with van der Waals surface area (Å²) in [5.74, 6) is -1.42. The monoisotopic (exact) mass is 251 g/mol. The van der Waals surface area contributed by atoms with Gasteiger partial charge in [0.2, 0.25) is 5.91 Å². The van der Waals surface area contributed by atoms with Crippen molar-refractivity contribution in [2.45, 2.75) is 6.54 Å². The topological polar surface area (TPSA) is 49.3 Å². The van der Waals surface area contributed by atoms with Crippen LogP contribution in [0.25, 0.3) is 0 Å². The lowest BCUT2D eigenvalue weighted by Crippen LogP contribution is -2.23. The normalized spacial score (nSPS) is 10.1. The first-order valence-electron chi connectivity index (χ1n) is 4.04. The largest absolute Gasteiger partial charge is 0.506 e. The maximum absolute atomic E-state index is 12.9. The van der Waals surface area contributed by atoms with Crippen LogP contribution in [0, 0.1) is 5.82 Å². The second-order valence-electron chi connectivity index (χ2n) is 2.81. The zero-order valence-electron chi connectivity index (χ0n) is 7.56. The van der Waals surface area contributed by atoms with Crippen LogP contribution in [0.3, 0.4) is 0 Å². The van der Waals surface area contributed by atoms with Gasteiger partial charge in [0.1, 0.15) is 17.4 Å². The van der Waals surface area contributed by atoms with Crippen LogP contribution in [0.15, 0.2) is 12.1 Å². The summed E-state index contributed by atoms with van der Waals surface area (Å²) in [6, 6.07) is 2.08. The fourth-order valence-corrected chi connectivity index (χ4v) is 1.32. The van der Waals surface area contributed by atoms with Crippen molar-refractivity contribution in [1.29, 1.82) is 0 Å². The minimum Gasteiger partial charge on any atom is -0.506 e. The standard InChI is InChI=1S/C9H8Cl2FNO2/c10-3-8(14)13-4-5-1-6(12)2-7(11)9(5)15/h1-2,15H,3-4H2,(H,13,14). The van der Waals surface area contributed by atoms with E-state index in [1.54, 1.807) is 0 Å². The Kier molecular flexibility index (Phi) is 4.17. The van der Waals surface area contributed by atoms with Gasteiger partial charge in [0.15, 0.2) is 0 Å². The van der Waals surface area contributed by atoms with Crippen LogP contribution in [0.5, 0.6) is 5.75 Å². The van der Waals surface area contributed by atoms with Crippen LogP contribution in [0.4, 0.5) is 4.39 Å². The SMILES string of the molecule is O=C(CCl)NCc1cc(F)cc(Cl)c1O. The molecule has 0 aliphatic carbocycles. The Balaban J connectivity index is 2.81. The molecule has 0 radical (unpaired) electrons. The summed E-state index contributed by atoms with van der Waals surface area (Å²) < 4.78 is 12.9. The van der Waals surface area contributed by atoms with Gasteiger partial charge >= 0.3 is 0 Å². The van der Waals surface area contributed by atoms with Crippen molar-refractivity contribution in [3.05, 3.63) is 28.5 Å². The number of carbonyl (C=O) groups excluding carboxylic acids is 1. The summed E-state index contributed by atoms with van der Waals surface area (Å²) in [6.45, 7) is -0.0190. The average Bonchev–Trinajstić information content (AvgIpc) is 2.20. The second-order valence-corrected chi connectivity index (χ2v) is 3.48. The Labute approximate surface area is 95.8 Å². The lowest BCUT2D eigenvalue weighted by molar-refractivity contribution is -0.118. The first kappa shape index (κ1) is 12.1. The molecule has 0 atom stereocenters. The van der Waals surface area contributed by atoms with Gasteiger partial charge < -0.3 is 10.4 Å². The van der Waals surface area contributed by atoms with E-state index in [0.717, 1.165) is 12.1 Å². The van der Waals surface area contributed by atoms with Crippen LogP contribution < -0.4 is 5.32 Å². The third-order valence-corrected chi connectivity index (χ3v) is 2.24. The molecule has 0 saturated heterocycles. The number of hydrogen-bond donors (Lipinski definition) is 2. The molecule has 1 amide bonds. The number of benzene rings is 1. The number of phenolic OH excluding ortho intramolecular Hbond substituents is 1. The molecule has 6 heteroatoms. The van der Waals surface area contributed by atoms with Crippen molar-refractivity contribution >= 4 is 29.1 Å². The lowest BCUT2D eigenvalue weighted by Gasteiger charge is -2.07. The highest BCUT2D eigenvalue weighted by molar-refractivity contribution is 6.32. The van der Waals surface area contributed by atoms with Gasteiger partial charge in [-0.1, -0.05) is 11.6 Å². The first-order chi connectivity index (χ1) is 7.04. The molecule has 1 rings (SSSR count). The Bertz CT molecular complexity index is 385. The van der Waals surface area contributed by atoms with Gasteiger partial charge in [-0.15, -0.1) is 11.6 Å². The van der Waals surface area contributed by atoms with Crippen molar-refractivity contribution in [3.8, 4) is 5.75 Å². The molecule has 0 unspecified atom stereocenters. The van der Waals surface area contributed by atoms with Gasteiger partial charge in [-0.3, -0.25) is 4.79 Å². The van der Waals surface area contributed by atoms with Gasteiger partial charge in [-0.25, -0.2) is 4.39 Å². The zero-order valence-corrected chi connectivity index (χ0v) is 9.07. The highest BCUT2D eigenvalue weighted by Crippen LogP contribution is 2.28.